The van der Waals surface area contributed by atoms with E-state index in [2.05, 4.69) is 15.3 Å². The maximum absolute atomic E-state index is 14.3. The monoisotopic (exact) mass is 344 g/mol. The van der Waals surface area contributed by atoms with Crippen molar-refractivity contribution < 1.29 is 13.9 Å². The molecule has 1 heterocycles. The standard InChI is InChI=1S/C16H17FN6O2/c1-16(2,3)25-15(24)21-11-5-4-8(6-10(11)17)12-9(7-18)13(19)23-14(20)22-12/h4-6H,1-3H3,(H,21,24)(H4,19,20,22,23). The Kier molecular flexibility index (Phi) is 4.74. The molecule has 8 nitrogen and oxygen atoms in total. The van der Waals surface area contributed by atoms with Gasteiger partial charge in [0.1, 0.15) is 28.9 Å². The van der Waals surface area contributed by atoms with Crippen LogP contribution in [-0.4, -0.2) is 21.7 Å². The van der Waals surface area contributed by atoms with E-state index in [1.165, 1.54) is 12.1 Å². The number of nitrogens with zero attached hydrogens (tertiary/aromatic N) is 3. The summed E-state index contributed by atoms with van der Waals surface area (Å²) in [5.41, 5.74) is 10.8. The molecule has 0 aliphatic rings. The third kappa shape index (κ3) is 4.32. The first kappa shape index (κ1) is 17.9. The fourth-order valence-electron chi connectivity index (χ4n) is 1.99. The Bertz CT molecular complexity index is 870. The van der Waals surface area contributed by atoms with Crippen molar-refractivity contribution in [2.45, 2.75) is 26.4 Å². The first-order valence-corrected chi connectivity index (χ1v) is 7.23. The number of aromatic nitrogens is 2. The van der Waals surface area contributed by atoms with Gasteiger partial charge in [0.25, 0.3) is 0 Å². The number of ether oxygens (including phenoxy) is 1. The molecule has 0 atom stereocenters. The predicted molar refractivity (Wildman–Crippen MR) is 90.8 cm³/mol. The molecule has 0 aliphatic carbocycles. The van der Waals surface area contributed by atoms with Gasteiger partial charge in [0.2, 0.25) is 5.95 Å². The van der Waals surface area contributed by atoms with Crippen molar-refractivity contribution >= 4 is 23.5 Å². The largest absolute Gasteiger partial charge is 0.444 e. The number of amides is 1. The molecule has 0 unspecified atom stereocenters. The minimum Gasteiger partial charge on any atom is -0.444 e. The number of nitriles is 1. The number of nitrogens with two attached hydrogens (primary N) is 2. The van der Waals surface area contributed by atoms with Crippen molar-refractivity contribution in [1.82, 2.24) is 9.97 Å². The Labute approximate surface area is 143 Å². The third-order valence-corrected chi connectivity index (χ3v) is 2.94. The van der Waals surface area contributed by atoms with Crippen LogP contribution in [0, 0.1) is 17.1 Å². The number of rotatable bonds is 2. The average molecular weight is 344 g/mol. The molecule has 0 bridgehead atoms. The highest BCUT2D eigenvalue weighted by Gasteiger charge is 2.19. The van der Waals surface area contributed by atoms with Gasteiger partial charge in [0.05, 0.1) is 11.4 Å². The minimum atomic E-state index is -0.785. The highest BCUT2D eigenvalue weighted by molar-refractivity contribution is 5.86. The van der Waals surface area contributed by atoms with Crippen molar-refractivity contribution in [3.05, 3.63) is 29.6 Å². The van der Waals surface area contributed by atoms with Gasteiger partial charge in [-0.25, -0.2) is 14.2 Å². The highest BCUT2D eigenvalue weighted by atomic mass is 19.1. The van der Waals surface area contributed by atoms with Gasteiger partial charge in [-0.2, -0.15) is 10.2 Å². The Morgan fingerprint density at radius 1 is 1.32 bits per heavy atom. The number of nitrogen functional groups attached to an aromatic ring is 2. The normalized spacial score (nSPS) is 10.8. The Balaban J connectivity index is 2.35. The summed E-state index contributed by atoms with van der Waals surface area (Å²) in [6, 6.07) is 5.76. The summed E-state index contributed by atoms with van der Waals surface area (Å²) in [5.74, 6) is -0.966. The molecule has 2 aromatic rings. The van der Waals surface area contributed by atoms with E-state index in [0.717, 1.165) is 6.07 Å². The lowest BCUT2D eigenvalue weighted by atomic mass is 10.1. The highest BCUT2D eigenvalue weighted by Crippen LogP contribution is 2.28. The van der Waals surface area contributed by atoms with Crippen LogP contribution in [0.4, 0.5) is 26.6 Å². The number of anilines is 3. The summed E-state index contributed by atoms with van der Waals surface area (Å²) in [7, 11) is 0. The molecule has 0 spiro atoms. The number of carbonyl (C=O) groups excluding carboxylic acids is 1. The smallest absolute Gasteiger partial charge is 0.412 e. The van der Waals surface area contributed by atoms with Gasteiger partial charge in [0, 0.05) is 5.56 Å². The topological polar surface area (TPSA) is 140 Å². The van der Waals surface area contributed by atoms with Gasteiger partial charge in [-0.3, -0.25) is 5.32 Å². The summed E-state index contributed by atoms with van der Waals surface area (Å²) in [5, 5.41) is 11.5. The Morgan fingerprint density at radius 2 is 2.00 bits per heavy atom. The van der Waals surface area contributed by atoms with E-state index in [9.17, 15) is 14.4 Å². The summed E-state index contributed by atoms with van der Waals surface area (Å²) in [4.78, 5) is 19.4. The molecular weight excluding hydrogens is 327 g/mol. The molecule has 9 heteroatoms. The predicted octanol–water partition coefficient (Wildman–Crippen LogP) is 2.67. The van der Waals surface area contributed by atoms with Gasteiger partial charge < -0.3 is 16.2 Å². The van der Waals surface area contributed by atoms with Crippen molar-refractivity contribution in [2.75, 3.05) is 16.8 Å². The van der Waals surface area contributed by atoms with Crippen LogP contribution in [0.25, 0.3) is 11.3 Å². The lowest BCUT2D eigenvalue weighted by Gasteiger charge is -2.19. The molecular formula is C16H17FN6O2. The van der Waals surface area contributed by atoms with Crippen LogP contribution in [0.5, 0.6) is 0 Å². The summed E-state index contributed by atoms with van der Waals surface area (Å²) in [6.45, 7) is 5.08. The zero-order valence-corrected chi connectivity index (χ0v) is 13.9. The van der Waals surface area contributed by atoms with E-state index >= 15 is 0 Å². The second kappa shape index (κ2) is 6.60. The van der Waals surface area contributed by atoms with Crippen LogP contribution in [0.1, 0.15) is 26.3 Å². The molecule has 0 saturated carbocycles. The van der Waals surface area contributed by atoms with Crippen LogP contribution >= 0.6 is 0 Å². The lowest BCUT2D eigenvalue weighted by Crippen LogP contribution is -2.27. The second-order valence-corrected chi connectivity index (χ2v) is 6.12. The maximum Gasteiger partial charge on any atom is 0.412 e. The van der Waals surface area contributed by atoms with Gasteiger partial charge in [-0.05, 0) is 32.9 Å². The van der Waals surface area contributed by atoms with E-state index in [0.29, 0.717) is 0 Å². The molecule has 0 saturated heterocycles. The molecule has 2 rings (SSSR count). The molecule has 1 aromatic carbocycles. The molecule has 5 N–H and O–H groups in total. The van der Waals surface area contributed by atoms with Crippen LogP contribution < -0.4 is 16.8 Å². The first-order valence-electron chi connectivity index (χ1n) is 7.23. The van der Waals surface area contributed by atoms with Gasteiger partial charge >= 0.3 is 6.09 Å². The third-order valence-electron chi connectivity index (χ3n) is 2.94. The zero-order chi connectivity index (χ0) is 18.8. The van der Waals surface area contributed by atoms with Gasteiger partial charge in [0.15, 0.2) is 0 Å². The average Bonchev–Trinajstić information content (AvgIpc) is 2.46. The molecule has 1 amide bonds. The lowest BCUT2D eigenvalue weighted by molar-refractivity contribution is 0.0635. The van der Waals surface area contributed by atoms with Crippen LogP contribution in [0.2, 0.25) is 0 Å². The van der Waals surface area contributed by atoms with E-state index in [-0.39, 0.29) is 34.3 Å². The second-order valence-electron chi connectivity index (χ2n) is 6.12. The summed E-state index contributed by atoms with van der Waals surface area (Å²) in [6.07, 6.45) is -0.785. The van der Waals surface area contributed by atoms with E-state index in [4.69, 9.17) is 16.2 Å². The van der Waals surface area contributed by atoms with Gasteiger partial charge in [-0.1, -0.05) is 6.07 Å². The summed E-state index contributed by atoms with van der Waals surface area (Å²) < 4.78 is 19.4. The molecule has 0 aliphatic heterocycles. The zero-order valence-electron chi connectivity index (χ0n) is 13.9. The first-order chi connectivity index (χ1) is 11.6. The molecule has 0 radical (unpaired) electrons. The number of halogens is 1. The minimum absolute atomic E-state index is 0.0125. The number of carbonyl (C=O) groups is 1. The van der Waals surface area contributed by atoms with Crippen molar-refractivity contribution in [1.29, 1.82) is 5.26 Å². The van der Waals surface area contributed by atoms with Crippen molar-refractivity contribution in [2.24, 2.45) is 0 Å². The van der Waals surface area contributed by atoms with Crippen LogP contribution in [0.3, 0.4) is 0 Å². The fraction of sp³-hybridized carbons (Fsp3) is 0.250. The van der Waals surface area contributed by atoms with Crippen molar-refractivity contribution in [3.63, 3.8) is 0 Å². The van der Waals surface area contributed by atoms with Crippen molar-refractivity contribution in [3.8, 4) is 17.3 Å². The molecule has 25 heavy (non-hydrogen) atoms. The molecule has 0 fully saturated rings. The number of nitrogens with one attached hydrogen (secondary N) is 1. The Morgan fingerprint density at radius 3 is 2.56 bits per heavy atom. The fourth-order valence-corrected chi connectivity index (χ4v) is 1.99. The number of hydrogen-bond donors (Lipinski definition) is 3. The Hall–Kier alpha value is -3.41. The van der Waals surface area contributed by atoms with Crippen LogP contribution in [0.15, 0.2) is 18.2 Å². The van der Waals surface area contributed by atoms with Gasteiger partial charge in [-0.15, -0.1) is 0 Å². The number of hydrogen-bond acceptors (Lipinski definition) is 7. The quantitative estimate of drug-likeness (QED) is 0.760. The SMILES string of the molecule is CC(C)(C)OC(=O)Nc1ccc(-c2nc(N)nc(N)c2C#N)cc1F. The van der Waals surface area contributed by atoms with E-state index in [1.807, 2.05) is 6.07 Å². The summed E-state index contributed by atoms with van der Waals surface area (Å²) >= 11 is 0. The van der Waals surface area contributed by atoms with E-state index < -0.39 is 17.5 Å². The van der Waals surface area contributed by atoms with E-state index in [1.54, 1.807) is 20.8 Å². The maximum atomic E-state index is 14.3. The molecule has 130 valence electrons. The molecule has 1 aromatic heterocycles. The van der Waals surface area contributed by atoms with Crippen LogP contribution in [-0.2, 0) is 4.74 Å². The number of benzene rings is 1.